The van der Waals surface area contributed by atoms with Gasteiger partial charge in [0.2, 0.25) is 0 Å². The van der Waals surface area contributed by atoms with Crippen molar-refractivity contribution in [3.8, 4) is 0 Å². The van der Waals surface area contributed by atoms with Gasteiger partial charge >= 0.3 is 0 Å². The molecule has 0 saturated carbocycles. The second kappa shape index (κ2) is 6.17. The summed E-state index contributed by atoms with van der Waals surface area (Å²) in [5, 5.41) is 2.14. The first-order chi connectivity index (χ1) is 4.31. The van der Waals surface area contributed by atoms with Gasteiger partial charge < -0.3 is 0 Å². The van der Waals surface area contributed by atoms with E-state index in [0.717, 1.165) is 13.1 Å². The molecule has 0 radical (unpaired) electrons. The van der Waals surface area contributed by atoms with E-state index in [1.54, 1.807) is 0 Å². The van der Waals surface area contributed by atoms with E-state index in [0.29, 0.717) is 0 Å². The zero-order valence-corrected chi connectivity index (χ0v) is 6.78. The summed E-state index contributed by atoms with van der Waals surface area (Å²) in [5.41, 5.74) is 3.27. The van der Waals surface area contributed by atoms with Crippen LogP contribution in [-0.2, 0) is 0 Å². The van der Waals surface area contributed by atoms with Crippen molar-refractivity contribution in [2.75, 3.05) is 20.1 Å². The molecule has 0 aromatic carbocycles. The predicted octanol–water partition coefficient (Wildman–Crippen LogP) is -1.47. The first-order valence-corrected chi connectivity index (χ1v) is 3.75. The minimum Gasteiger partial charge on any atom is -0.256 e. The van der Waals surface area contributed by atoms with E-state index in [4.69, 9.17) is 0 Å². The van der Waals surface area contributed by atoms with Crippen LogP contribution in [0.15, 0.2) is 0 Å². The maximum atomic E-state index is 3.27. The SMILES string of the molecule is BCCNN(C)CCB. The molecule has 2 nitrogen and oxygen atoms in total. The molecule has 0 amide bonds. The molecule has 4 heteroatoms. The fourth-order valence-corrected chi connectivity index (χ4v) is 0.717. The number of hydrogen-bond donors (Lipinski definition) is 1. The van der Waals surface area contributed by atoms with E-state index in [9.17, 15) is 0 Å². The maximum Gasteiger partial charge on any atom is 0.103 e. The molecule has 0 atom stereocenters. The molecule has 0 bridgehead atoms. The summed E-state index contributed by atoms with van der Waals surface area (Å²) >= 11 is 0. The summed E-state index contributed by atoms with van der Waals surface area (Å²) in [4.78, 5) is 0. The molecule has 9 heavy (non-hydrogen) atoms. The Morgan fingerprint density at radius 2 is 2.00 bits per heavy atom. The molecule has 0 aliphatic carbocycles. The topological polar surface area (TPSA) is 15.3 Å². The summed E-state index contributed by atoms with van der Waals surface area (Å²) in [6, 6.07) is 0. The molecule has 1 N–H and O–H groups in total. The molecule has 0 saturated heterocycles. The number of rotatable bonds is 5. The second-order valence-corrected chi connectivity index (χ2v) is 2.33. The summed E-state index contributed by atoms with van der Waals surface area (Å²) in [6.07, 6.45) is 2.42. The fourth-order valence-electron chi connectivity index (χ4n) is 0.717. The molecule has 0 aliphatic heterocycles. The largest absolute Gasteiger partial charge is 0.256 e. The zero-order valence-electron chi connectivity index (χ0n) is 6.78. The standard InChI is InChI=1S/C5H16B2N2/c1-9(5-3-7)8-4-2-6/h8H,2-7H2,1H3. The molecule has 0 fully saturated rings. The Labute approximate surface area is 59.8 Å². The molecule has 0 aromatic rings. The number of nitrogens with one attached hydrogen (secondary N) is 1. The average Bonchev–Trinajstić information content (AvgIpc) is 1.85. The van der Waals surface area contributed by atoms with Gasteiger partial charge in [-0.15, -0.1) is 0 Å². The van der Waals surface area contributed by atoms with Gasteiger partial charge in [0.15, 0.2) is 0 Å². The van der Waals surface area contributed by atoms with E-state index in [-0.39, 0.29) is 0 Å². The van der Waals surface area contributed by atoms with Crippen LogP contribution in [0.3, 0.4) is 0 Å². The van der Waals surface area contributed by atoms with E-state index < -0.39 is 0 Å². The Hall–Kier alpha value is 0.0499. The van der Waals surface area contributed by atoms with Crippen LogP contribution in [0.2, 0.25) is 12.6 Å². The van der Waals surface area contributed by atoms with Crippen LogP contribution in [0.4, 0.5) is 0 Å². The van der Waals surface area contributed by atoms with Crippen molar-refractivity contribution in [1.82, 2.24) is 10.4 Å². The van der Waals surface area contributed by atoms with Crippen molar-refractivity contribution in [3.63, 3.8) is 0 Å². The number of nitrogens with zero attached hydrogens (tertiary/aromatic N) is 1. The van der Waals surface area contributed by atoms with Crippen LogP contribution in [-0.4, -0.2) is 40.8 Å². The first-order valence-electron chi connectivity index (χ1n) is 3.75. The first kappa shape index (κ1) is 9.05. The Bertz CT molecular complexity index is 60.9. The van der Waals surface area contributed by atoms with Crippen LogP contribution in [0, 0.1) is 0 Å². The molecule has 0 aliphatic rings. The lowest BCUT2D eigenvalue weighted by molar-refractivity contribution is 0.255. The quantitative estimate of drug-likeness (QED) is 0.357. The Kier molecular flexibility index (Phi) is 6.21. The van der Waals surface area contributed by atoms with Gasteiger partial charge in [-0.05, 0) is 0 Å². The van der Waals surface area contributed by atoms with Crippen LogP contribution in [0.25, 0.3) is 0 Å². The van der Waals surface area contributed by atoms with Crippen molar-refractivity contribution in [2.45, 2.75) is 12.6 Å². The normalized spacial score (nSPS) is 10.4. The molecule has 0 aromatic heterocycles. The average molecular weight is 126 g/mol. The van der Waals surface area contributed by atoms with Crippen LogP contribution in [0.1, 0.15) is 0 Å². The third-order valence-corrected chi connectivity index (χ3v) is 1.19. The van der Waals surface area contributed by atoms with Crippen LogP contribution in [0.5, 0.6) is 0 Å². The van der Waals surface area contributed by atoms with Gasteiger partial charge in [-0.1, -0.05) is 12.6 Å². The highest BCUT2D eigenvalue weighted by molar-refractivity contribution is 6.08. The van der Waals surface area contributed by atoms with Crippen molar-refractivity contribution in [2.24, 2.45) is 0 Å². The Morgan fingerprint density at radius 3 is 2.44 bits per heavy atom. The maximum absolute atomic E-state index is 3.27. The summed E-state index contributed by atoms with van der Waals surface area (Å²) in [6.45, 7) is 2.23. The van der Waals surface area contributed by atoms with Crippen molar-refractivity contribution < 1.29 is 0 Å². The van der Waals surface area contributed by atoms with Gasteiger partial charge in [0.05, 0.1) is 0 Å². The lowest BCUT2D eigenvalue weighted by atomic mass is 10.1. The summed E-state index contributed by atoms with van der Waals surface area (Å²) < 4.78 is 0. The minimum atomic E-state index is 1.09. The van der Waals surface area contributed by atoms with Crippen molar-refractivity contribution >= 4 is 15.7 Å². The predicted molar refractivity (Wildman–Crippen MR) is 47.3 cm³/mol. The van der Waals surface area contributed by atoms with E-state index in [1.807, 2.05) is 0 Å². The van der Waals surface area contributed by atoms with Gasteiger partial charge in [-0.3, -0.25) is 5.43 Å². The minimum absolute atomic E-state index is 1.09. The van der Waals surface area contributed by atoms with E-state index in [2.05, 4.69) is 33.2 Å². The molecule has 0 heterocycles. The summed E-state index contributed by atoms with van der Waals surface area (Å²) in [5.74, 6) is 0. The Morgan fingerprint density at radius 1 is 1.33 bits per heavy atom. The molecule has 0 unspecified atom stereocenters. The van der Waals surface area contributed by atoms with E-state index >= 15 is 0 Å². The molecule has 52 valence electrons. The zero-order chi connectivity index (χ0) is 7.11. The van der Waals surface area contributed by atoms with Gasteiger partial charge in [0, 0.05) is 20.1 Å². The lowest BCUT2D eigenvalue weighted by Gasteiger charge is -2.15. The van der Waals surface area contributed by atoms with Gasteiger partial charge in [-0.25, -0.2) is 5.01 Å². The highest BCUT2D eigenvalue weighted by Gasteiger charge is 1.90. The third-order valence-electron chi connectivity index (χ3n) is 1.19. The molecular formula is C5H16B2N2. The van der Waals surface area contributed by atoms with Crippen molar-refractivity contribution in [1.29, 1.82) is 0 Å². The number of hydrogen-bond acceptors (Lipinski definition) is 2. The number of hydrazine groups is 1. The highest BCUT2D eigenvalue weighted by atomic mass is 15.5. The lowest BCUT2D eigenvalue weighted by Crippen LogP contribution is -2.35. The third kappa shape index (κ3) is 5.93. The smallest absolute Gasteiger partial charge is 0.103 e. The molecule has 0 spiro atoms. The second-order valence-electron chi connectivity index (χ2n) is 2.33. The molecule has 0 rings (SSSR count). The Balaban J connectivity index is 2.95. The fraction of sp³-hybridized carbons (Fsp3) is 1.00. The van der Waals surface area contributed by atoms with Crippen LogP contribution >= 0.6 is 0 Å². The molecular weight excluding hydrogens is 110 g/mol. The van der Waals surface area contributed by atoms with E-state index in [1.165, 1.54) is 12.6 Å². The van der Waals surface area contributed by atoms with Gasteiger partial charge in [0.1, 0.15) is 15.7 Å². The van der Waals surface area contributed by atoms with Crippen molar-refractivity contribution in [3.05, 3.63) is 0 Å². The highest BCUT2D eigenvalue weighted by Crippen LogP contribution is 1.78. The monoisotopic (exact) mass is 126 g/mol. The van der Waals surface area contributed by atoms with Gasteiger partial charge in [-0.2, -0.15) is 0 Å². The summed E-state index contributed by atoms with van der Waals surface area (Å²) in [7, 11) is 6.44. The van der Waals surface area contributed by atoms with Crippen LogP contribution < -0.4 is 5.43 Å². The van der Waals surface area contributed by atoms with Gasteiger partial charge in [0.25, 0.3) is 0 Å².